The fraction of sp³-hybridized carbons (Fsp3) is 0.267. The summed E-state index contributed by atoms with van der Waals surface area (Å²) >= 11 is 3.38. The molecule has 4 heteroatoms. The molecule has 98 valence electrons. The van der Waals surface area contributed by atoms with E-state index in [-0.39, 0.29) is 0 Å². The molecule has 19 heavy (non-hydrogen) atoms. The minimum atomic E-state index is 0.858. The first kappa shape index (κ1) is 12.5. The molecule has 2 heterocycles. The highest BCUT2D eigenvalue weighted by atomic mass is 79.9. The number of anilines is 3. The maximum Gasteiger partial charge on any atom is 0.130 e. The number of hydrogen-bond donors (Lipinski definition) is 1. The van der Waals surface area contributed by atoms with Gasteiger partial charge in [0.05, 0.1) is 0 Å². The van der Waals surface area contributed by atoms with Gasteiger partial charge >= 0.3 is 0 Å². The van der Waals surface area contributed by atoms with Gasteiger partial charge in [0.1, 0.15) is 5.82 Å². The summed E-state index contributed by atoms with van der Waals surface area (Å²) in [5.74, 6) is 0.858. The van der Waals surface area contributed by atoms with Gasteiger partial charge in [0.15, 0.2) is 0 Å². The van der Waals surface area contributed by atoms with E-state index in [0.29, 0.717) is 0 Å². The molecule has 0 amide bonds. The lowest BCUT2D eigenvalue weighted by molar-refractivity contribution is 0.949. The Labute approximate surface area is 121 Å². The van der Waals surface area contributed by atoms with E-state index in [4.69, 9.17) is 0 Å². The van der Waals surface area contributed by atoms with E-state index in [2.05, 4.69) is 55.4 Å². The highest BCUT2D eigenvalue weighted by Gasteiger charge is 2.11. The molecule has 0 spiro atoms. The number of benzene rings is 1. The van der Waals surface area contributed by atoms with Crippen LogP contribution in [-0.2, 0) is 0 Å². The number of hydrogen-bond acceptors (Lipinski definition) is 3. The van der Waals surface area contributed by atoms with Gasteiger partial charge in [-0.2, -0.15) is 0 Å². The van der Waals surface area contributed by atoms with E-state index in [0.717, 1.165) is 16.0 Å². The van der Waals surface area contributed by atoms with Gasteiger partial charge in [-0.25, -0.2) is 4.98 Å². The number of nitrogens with one attached hydrogen (secondary N) is 1. The van der Waals surface area contributed by atoms with Crippen LogP contribution in [0.25, 0.3) is 0 Å². The maximum atomic E-state index is 4.31. The van der Waals surface area contributed by atoms with Crippen molar-refractivity contribution in [1.29, 1.82) is 0 Å². The molecule has 3 rings (SSSR count). The second-order valence-corrected chi connectivity index (χ2v) is 5.64. The molecule has 1 aliphatic rings. The van der Waals surface area contributed by atoms with Crippen molar-refractivity contribution >= 4 is 33.1 Å². The van der Waals surface area contributed by atoms with Crippen LogP contribution in [0.1, 0.15) is 12.8 Å². The summed E-state index contributed by atoms with van der Waals surface area (Å²) < 4.78 is 0.988. The summed E-state index contributed by atoms with van der Waals surface area (Å²) in [6, 6.07) is 12.5. The zero-order valence-corrected chi connectivity index (χ0v) is 12.2. The third-order valence-corrected chi connectivity index (χ3v) is 3.81. The molecule has 1 aliphatic heterocycles. The molecule has 1 aromatic carbocycles. The number of aromatic nitrogens is 1. The fourth-order valence-electron chi connectivity index (χ4n) is 2.33. The lowest BCUT2D eigenvalue weighted by Crippen LogP contribution is -2.17. The highest BCUT2D eigenvalue weighted by Crippen LogP contribution is 2.23. The van der Waals surface area contributed by atoms with E-state index < -0.39 is 0 Å². The smallest absolute Gasteiger partial charge is 0.130 e. The Morgan fingerprint density at radius 2 is 1.74 bits per heavy atom. The van der Waals surface area contributed by atoms with Crippen molar-refractivity contribution < 1.29 is 0 Å². The molecule has 2 aromatic rings. The molecule has 0 radical (unpaired) electrons. The zero-order valence-electron chi connectivity index (χ0n) is 10.6. The third kappa shape index (κ3) is 3.07. The minimum Gasteiger partial charge on any atom is -0.372 e. The normalized spacial score (nSPS) is 14.7. The minimum absolute atomic E-state index is 0.858. The number of halogens is 1. The van der Waals surface area contributed by atoms with Crippen molar-refractivity contribution in [2.24, 2.45) is 0 Å². The first-order chi connectivity index (χ1) is 9.31. The third-order valence-electron chi connectivity index (χ3n) is 3.34. The van der Waals surface area contributed by atoms with Crippen LogP contribution in [0.15, 0.2) is 47.1 Å². The van der Waals surface area contributed by atoms with E-state index in [9.17, 15) is 0 Å². The Bertz CT molecular complexity index is 530. The van der Waals surface area contributed by atoms with Crippen molar-refractivity contribution in [1.82, 2.24) is 4.98 Å². The Balaban J connectivity index is 1.70. The standard InChI is InChI=1S/C15H16BrN3/c16-12-3-8-15(17-11-12)18-13-4-6-14(7-5-13)19-9-1-2-10-19/h3-8,11H,1-2,9-10H2,(H,17,18). The molecule has 1 N–H and O–H groups in total. The molecule has 0 aliphatic carbocycles. The number of pyridine rings is 1. The average Bonchev–Trinajstić information content (AvgIpc) is 2.96. The quantitative estimate of drug-likeness (QED) is 0.920. The van der Waals surface area contributed by atoms with Crippen LogP contribution in [0.2, 0.25) is 0 Å². The molecule has 0 unspecified atom stereocenters. The molecular formula is C15H16BrN3. The van der Waals surface area contributed by atoms with Crippen LogP contribution >= 0.6 is 15.9 Å². The monoisotopic (exact) mass is 317 g/mol. The van der Waals surface area contributed by atoms with E-state index in [1.54, 1.807) is 6.20 Å². The van der Waals surface area contributed by atoms with Gasteiger partial charge in [0.2, 0.25) is 0 Å². The molecule has 1 aromatic heterocycles. The average molecular weight is 318 g/mol. The summed E-state index contributed by atoms with van der Waals surface area (Å²) in [4.78, 5) is 6.74. The molecular weight excluding hydrogens is 302 g/mol. The van der Waals surface area contributed by atoms with Crippen LogP contribution in [0, 0.1) is 0 Å². The van der Waals surface area contributed by atoms with Crippen LogP contribution in [0.5, 0.6) is 0 Å². The lowest BCUT2D eigenvalue weighted by Gasteiger charge is -2.17. The Hall–Kier alpha value is -1.55. The molecule has 0 saturated carbocycles. The summed E-state index contributed by atoms with van der Waals surface area (Å²) in [7, 11) is 0. The first-order valence-corrected chi connectivity index (χ1v) is 7.34. The van der Waals surface area contributed by atoms with Crippen LogP contribution in [-0.4, -0.2) is 18.1 Å². The summed E-state index contributed by atoms with van der Waals surface area (Å²) in [6.45, 7) is 2.36. The van der Waals surface area contributed by atoms with Crippen molar-refractivity contribution in [2.75, 3.05) is 23.3 Å². The Kier molecular flexibility index (Phi) is 3.69. The van der Waals surface area contributed by atoms with Crippen molar-refractivity contribution in [3.8, 4) is 0 Å². The second-order valence-electron chi connectivity index (χ2n) is 4.73. The topological polar surface area (TPSA) is 28.2 Å². The summed E-state index contributed by atoms with van der Waals surface area (Å²) in [5.41, 5.74) is 2.38. The van der Waals surface area contributed by atoms with Gasteiger partial charge in [-0.3, -0.25) is 0 Å². The predicted molar refractivity (Wildman–Crippen MR) is 83.1 cm³/mol. The van der Waals surface area contributed by atoms with Gasteiger partial charge in [0.25, 0.3) is 0 Å². The summed E-state index contributed by atoms with van der Waals surface area (Å²) in [5, 5.41) is 3.30. The van der Waals surface area contributed by atoms with Gasteiger partial charge in [-0.1, -0.05) is 0 Å². The van der Waals surface area contributed by atoms with Gasteiger partial charge in [0, 0.05) is 35.1 Å². The molecule has 0 atom stereocenters. The SMILES string of the molecule is Brc1ccc(Nc2ccc(N3CCCC3)cc2)nc1. The van der Waals surface area contributed by atoms with Gasteiger partial charge < -0.3 is 10.2 Å². The zero-order chi connectivity index (χ0) is 13.1. The number of nitrogens with zero attached hydrogens (tertiary/aromatic N) is 2. The molecule has 1 fully saturated rings. The largest absolute Gasteiger partial charge is 0.372 e. The van der Waals surface area contributed by atoms with E-state index in [1.807, 2.05) is 12.1 Å². The van der Waals surface area contributed by atoms with Gasteiger partial charge in [-0.15, -0.1) is 0 Å². The van der Waals surface area contributed by atoms with Crippen molar-refractivity contribution in [3.05, 3.63) is 47.1 Å². The molecule has 0 bridgehead atoms. The highest BCUT2D eigenvalue weighted by molar-refractivity contribution is 9.10. The fourth-order valence-corrected chi connectivity index (χ4v) is 2.56. The van der Waals surface area contributed by atoms with E-state index in [1.165, 1.54) is 31.6 Å². The van der Waals surface area contributed by atoms with Crippen molar-refractivity contribution in [2.45, 2.75) is 12.8 Å². The van der Waals surface area contributed by atoms with E-state index >= 15 is 0 Å². The van der Waals surface area contributed by atoms with Crippen molar-refractivity contribution in [3.63, 3.8) is 0 Å². The van der Waals surface area contributed by atoms with Crippen LogP contribution in [0.4, 0.5) is 17.2 Å². The lowest BCUT2D eigenvalue weighted by atomic mass is 10.2. The van der Waals surface area contributed by atoms with Crippen LogP contribution < -0.4 is 10.2 Å². The predicted octanol–water partition coefficient (Wildman–Crippen LogP) is 4.19. The molecule has 1 saturated heterocycles. The van der Waals surface area contributed by atoms with Crippen LogP contribution in [0.3, 0.4) is 0 Å². The first-order valence-electron chi connectivity index (χ1n) is 6.55. The number of rotatable bonds is 3. The Morgan fingerprint density at radius 1 is 1.00 bits per heavy atom. The maximum absolute atomic E-state index is 4.31. The Morgan fingerprint density at radius 3 is 2.37 bits per heavy atom. The van der Waals surface area contributed by atoms with Gasteiger partial charge in [-0.05, 0) is 65.2 Å². The second kappa shape index (κ2) is 5.61. The summed E-state index contributed by atoms with van der Waals surface area (Å²) in [6.07, 6.45) is 4.41. The molecule has 3 nitrogen and oxygen atoms in total.